The van der Waals surface area contributed by atoms with Crippen molar-refractivity contribution in [2.75, 3.05) is 0 Å². The topological polar surface area (TPSA) is 98.1 Å². The standard InChI is InChI=1S/C6H10N4O2/c7-10-9-5-3-1-2-4(5)8-6(11)12/h4-5,8H,1-3H2,(H,11,12)/t4-,5-/m1/s1. The van der Waals surface area contributed by atoms with E-state index in [0.29, 0.717) is 0 Å². The third-order valence-electron chi connectivity index (χ3n) is 1.99. The number of carbonyl (C=O) groups is 1. The molecule has 6 nitrogen and oxygen atoms in total. The maximum absolute atomic E-state index is 10.3. The summed E-state index contributed by atoms with van der Waals surface area (Å²) in [6, 6.07) is -0.399. The van der Waals surface area contributed by atoms with E-state index in [-0.39, 0.29) is 12.1 Å². The minimum Gasteiger partial charge on any atom is -0.465 e. The molecule has 0 saturated heterocycles. The Kier molecular flexibility index (Phi) is 2.76. The number of rotatable bonds is 2. The summed E-state index contributed by atoms with van der Waals surface area (Å²) in [5, 5.41) is 14.3. The van der Waals surface area contributed by atoms with E-state index in [2.05, 4.69) is 15.3 Å². The number of azide groups is 1. The number of nitrogens with zero attached hydrogens (tertiary/aromatic N) is 3. The summed E-state index contributed by atoms with van der Waals surface area (Å²) in [6.45, 7) is 0. The van der Waals surface area contributed by atoms with E-state index in [1.807, 2.05) is 0 Å². The predicted molar refractivity (Wildman–Crippen MR) is 41.7 cm³/mol. The summed E-state index contributed by atoms with van der Waals surface area (Å²) in [4.78, 5) is 12.9. The molecule has 66 valence electrons. The van der Waals surface area contributed by atoms with Gasteiger partial charge in [0, 0.05) is 11.0 Å². The SMILES string of the molecule is [N-]=[N+]=N[C@@H]1CCC[C@H]1NC(=O)O. The average Bonchev–Trinajstić information content (AvgIpc) is 2.37. The Morgan fingerprint density at radius 1 is 1.67 bits per heavy atom. The second-order valence-corrected chi connectivity index (χ2v) is 2.76. The van der Waals surface area contributed by atoms with E-state index < -0.39 is 6.09 Å². The van der Waals surface area contributed by atoms with Crippen LogP contribution >= 0.6 is 0 Å². The van der Waals surface area contributed by atoms with Gasteiger partial charge >= 0.3 is 6.09 Å². The quantitative estimate of drug-likeness (QED) is 0.372. The lowest BCUT2D eigenvalue weighted by atomic mass is 10.2. The van der Waals surface area contributed by atoms with Crippen LogP contribution in [-0.4, -0.2) is 23.3 Å². The van der Waals surface area contributed by atoms with Crippen LogP contribution in [0, 0.1) is 0 Å². The van der Waals surface area contributed by atoms with Crippen LogP contribution < -0.4 is 5.32 Å². The molecule has 0 bridgehead atoms. The Labute approximate surface area is 69.2 Å². The van der Waals surface area contributed by atoms with E-state index in [0.717, 1.165) is 19.3 Å². The van der Waals surface area contributed by atoms with Gasteiger partial charge < -0.3 is 10.4 Å². The van der Waals surface area contributed by atoms with Gasteiger partial charge in [-0.3, -0.25) is 0 Å². The zero-order valence-corrected chi connectivity index (χ0v) is 6.47. The van der Waals surface area contributed by atoms with Gasteiger partial charge in [0.05, 0.1) is 6.04 Å². The van der Waals surface area contributed by atoms with Gasteiger partial charge in [-0.2, -0.15) is 0 Å². The molecular formula is C6H10N4O2. The molecular weight excluding hydrogens is 160 g/mol. The van der Waals surface area contributed by atoms with Gasteiger partial charge in [-0.25, -0.2) is 4.79 Å². The summed E-state index contributed by atoms with van der Waals surface area (Å²) < 4.78 is 0. The van der Waals surface area contributed by atoms with Gasteiger partial charge in [-0.15, -0.1) is 0 Å². The molecule has 1 aliphatic carbocycles. The first kappa shape index (κ1) is 8.67. The molecule has 1 amide bonds. The Bertz CT molecular complexity index is 224. The largest absolute Gasteiger partial charge is 0.465 e. The summed E-state index contributed by atoms with van der Waals surface area (Å²) in [5.41, 5.74) is 8.16. The monoisotopic (exact) mass is 170 g/mol. The van der Waals surface area contributed by atoms with Gasteiger partial charge in [0.25, 0.3) is 0 Å². The van der Waals surface area contributed by atoms with E-state index in [4.69, 9.17) is 10.6 Å². The molecule has 0 aromatic rings. The van der Waals surface area contributed by atoms with Crippen molar-refractivity contribution in [3.63, 3.8) is 0 Å². The first-order valence-corrected chi connectivity index (χ1v) is 3.77. The van der Waals surface area contributed by atoms with Crippen molar-refractivity contribution in [1.29, 1.82) is 0 Å². The molecule has 0 aromatic carbocycles. The molecule has 0 aromatic heterocycles. The van der Waals surface area contributed by atoms with Crippen molar-refractivity contribution in [1.82, 2.24) is 5.32 Å². The lowest BCUT2D eigenvalue weighted by Crippen LogP contribution is -2.37. The molecule has 0 radical (unpaired) electrons. The molecule has 0 heterocycles. The first-order chi connectivity index (χ1) is 5.74. The molecule has 2 atom stereocenters. The summed E-state index contributed by atoms with van der Waals surface area (Å²) in [5.74, 6) is 0. The second-order valence-electron chi connectivity index (χ2n) is 2.76. The fourth-order valence-electron chi connectivity index (χ4n) is 1.47. The van der Waals surface area contributed by atoms with Crippen molar-refractivity contribution < 1.29 is 9.90 Å². The average molecular weight is 170 g/mol. The molecule has 1 rings (SSSR count). The van der Waals surface area contributed by atoms with Crippen LogP contribution in [0.25, 0.3) is 10.4 Å². The van der Waals surface area contributed by atoms with Crippen molar-refractivity contribution in [2.45, 2.75) is 31.3 Å². The van der Waals surface area contributed by atoms with Gasteiger partial charge in [-0.05, 0) is 18.4 Å². The highest BCUT2D eigenvalue weighted by atomic mass is 16.4. The molecule has 0 unspecified atom stereocenters. The van der Waals surface area contributed by atoms with Crippen LogP contribution in [0.5, 0.6) is 0 Å². The maximum Gasteiger partial charge on any atom is 0.404 e. The molecule has 1 fully saturated rings. The number of hydrogen-bond donors (Lipinski definition) is 2. The second kappa shape index (κ2) is 3.82. The number of nitrogens with one attached hydrogen (secondary N) is 1. The van der Waals surface area contributed by atoms with Crippen LogP contribution in [0.2, 0.25) is 0 Å². The van der Waals surface area contributed by atoms with Gasteiger partial charge in [-0.1, -0.05) is 11.5 Å². The summed E-state index contributed by atoms with van der Waals surface area (Å²) >= 11 is 0. The zero-order valence-electron chi connectivity index (χ0n) is 6.47. The minimum absolute atomic E-state index is 0.196. The van der Waals surface area contributed by atoms with Gasteiger partial charge in [0.1, 0.15) is 0 Å². The number of hydrogen-bond acceptors (Lipinski definition) is 2. The summed E-state index contributed by atoms with van der Waals surface area (Å²) in [7, 11) is 0. The maximum atomic E-state index is 10.3. The van der Waals surface area contributed by atoms with Crippen LogP contribution in [0.3, 0.4) is 0 Å². The Hall–Kier alpha value is -1.42. The molecule has 0 aliphatic heterocycles. The van der Waals surface area contributed by atoms with E-state index in [9.17, 15) is 4.79 Å². The minimum atomic E-state index is -1.06. The van der Waals surface area contributed by atoms with Crippen LogP contribution in [0.1, 0.15) is 19.3 Å². The number of carboxylic acid groups (broad SMARTS) is 1. The molecule has 6 heteroatoms. The van der Waals surface area contributed by atoms with Crippen LogP contribution in [-0.2, 0) is 0 Å². The highest BCUT2D eigenvalue weighted by Crippen LogP contribution is 2.21. The Balaban J connectivity index is 2.51. The Morgan fingerprint density at radius 3 is 3.00 bits per heavy atom. The predicted octanol–water partition coefficient (Wildman–Crippen LogP) is 1.49. The summed E-state index contributed by atoms with van der Waals surface area (Å²) in [6.07, 6.45) is 1.39. The highest BCUT2D eigenvalue weighted by Gasteiger charge is 2.27. The first-order valence-electron chi connectivity index (χ1n) is 3.77. The van der Waals surface area contributed by atoms with E-state index in [1.165, 1.54) is 0 Å². The van der Waals surface area contributed by atoms with Crippen molar-refractivity contribution >= 4 is 6.09 Å². The van der Waals surface area contributed by atoms with Gasteiger partial charge in [0.15, 0.2) is 0 Å². The zero-order chi connectivity index (χ0) is 8.97. The van der Waals surface area contributed by atoms with E-state index >= 15 is 0 Å². The Morgan fingerprint density at radius 2 is 2.42 bits per heavy atom. The van der Waals surface area contributed by atoms with Crippen LogP contribution in [0.15, 0.2) is 5.11 Å². The van der Waals surface area contributed by atoms with Crippen LogP contribution in [0.4, 0.5) is 4.79 Å². The molecule has 1 aliphatic rings. The fraction of sp³-hybridized carbons (Fsp3) is 0.833. The lowest BCUT2D eigenvalue weighted by Gasteiger charge is -2.13. The highest BCUT2D eigenvalue weighted by molar-refractivity contribution is 5.65. The molecule has 2 N–H and O–H groups in total. The van der Waals surface area contributed by atoms with Crippen molar-refractivity contribution in [2.24, 2.45) is 5.11 Å². The molecule has 1 saturated carbocycles. The molecule has 12 heavy (non-hydrogen) atoms. The third-order valence-corrected chi connectivity index (χ3v) is 1.99. The molecule has 0 spiro atoms. The third kappa shape index (κ3) is 2.03. The van der Waals surface area contributed by atoms with Gasteiger partial charge in [0.2, 0.25) is 0 Å². The van der Waals surface area contributed by atoms with Crippen molar-refractivity contribution in [3.8, 4) is 0 Å². The van der Waals surface area contributed by atoms with E-state index in [1.54, 1.807) is 0 Å². The lowest BCUT2D eigenvalue weighted by molar-refractivity contribution is 0.189. The smallest absolute Gasteiger partial charge is 0.404 e. The normalized spacial score (nSPS) is 27.7. The number of amides is 1. The van der Waals surface area contributed by atoms with Crippen molar-refractivity contribution in [3.05, 3.63) is 10.4 Å². The fourth-order valence-corrected chi connectivity index (χ4v) is 1.47.